The summed E-state index contributed by atoms with van der Waals surface area (Å²) in [7, 11) is 0. The van der Waals surface area contributed by atoms with Gasteiger partial charge in [-0.3, -0.25) is 0 Å². The van der Waals surface area contributed by atoms with Crippen molar-refractivity contribution in [1.29, 1.82) is 0 Å². The molecule has 5 rings (SSSR count). The molecule has 0 radical (unpaired) electrons. The summed E-state index contributed by atoms with van der Waals surface area (Å²) in [4.78, 5) is 16.1. The van der Waals surface area contributed by atoms with Gasteiger partial charge in [-0.05, 0) is 104 Å². The van der Waals surface area contributed by atoms with Crippen LogP contribution in [-0.2, 0) is 16.8 Å². The first-order chi connectivity index (χ1) is 19.1. The molecule has 1 aliphatic carbocycles. The second kappa shape index (κ2) is 13.8. The van der Waals surface area contributed by atoms with Crippen LogP contribution in [0.25, 0.3) is 22.4 Å². The van der Waals surface area contributed by atoms with Gasteiger partial charge in [0.25, 0.3) is 0 Å². The number of rotatable bonds is 12. The molecule has 1 atom stereocenters. The second-order valence-corrected chi connectivity index (χ2v) is 14.2. The number of thioether (sulfide) groups is 1. The molecular formula is C33H33ClNNaO3S2. The van der Waals surface area contributed by atoms with Crippen molar-refractivity contribution < 1.29 is 44.6 Å². The fourth-order valence-corrected chi connectivity index (χ4v) is 7.80. The summed E-state index contributed by atoms with van der Waals surface area (Å²) in [5, 5.41) is 22.3. The van der Waals surface area contributed by atoms with E-state index >= 15 is 0 Å². The number of hydrogen-bond donors (Lipinski definition) is 1. The minimum Gasteiger partial charge on any atom is -0.550 e. The molecule has 1 fully saturated rings. The van der Waals surface area contributed by atoms with Crippen LogP contribution in [0, 0.1) is 5.41 Å². The molecule has 0 unspecified atom stereocenters. The van der Waals surface area contributed by atoms with E-state index in [0.29, 0.717) is 0 Å². The number of benzene rings is 2. The fraction of sp³-hybridized carbons (Fsp3) is 0.333. The number of halogens is 1. The van der Waals surface area contributed by atoms with Crippen LogP contribution in [0.15, 0.2) is 66.7 Å². The maximum Gasteiger partial charge on any atom is 1.00 e. The fourth-order valence-electron chi connectivity index (χ4n) is 5.15. The van der Waals surface area contributed by atoms with Crippen molar-refractivity contribution in [3.8, 4) is 0 Å². The summed E-state index contributed by atoms with van der Waals surface area (Å²) in [5.74, 6) is -0.163. The second-order valence-electron chi connectivity index (χ2n) is 11.3. The van der Waals surface area contributed by atoms with Gasteiger partial charge in [0.15, 0.2) is 0 Å². The zero-order valence-electron chi connectivity index (χ0n) is 23.7. The van der Waals surface area contributed by atoms with Gasteiger partial charge in [-0.1, -0.05) is 66.2 Å². The number of thiophene rings is 1. The Morgan fingerprint density at radius 1 is 1.15 bits per heavy atom. The van der Waals surface area contributed by atoms with Gasteiger partial charge in [0.1, 0.15) is 0 Å². The first-order valence-corrected chi connectivity index (χ1v) is 15.8. The van der Waals surface area contributed by atoms with Crippen molar-refractivity contribution in [2.24, 2.45) is 5.41 Å². The van der Waals surface area contributed by atoms with Crippen LogP contribution in [0.5, 0.6) is 0 Å². The van der Waals surface area contributed by atoms with Gasteiger partial charge in [-0.2, -0.15) is 11.8 Å². The number of hydrogen-bond acceptors (Lipinski definition) is 6. The molecule has 0 saturated heterocycles. The minimum atomic E-state index is -0.961. The van der Waals surface area contributed by atoms with Crippen LogP contribution in [-0.4, -0.2) is 21.8 Å². The first-order valence-electron chi connectivity index (χ1n) is 13.6. The molecule has 4 aromatic rings. The van der Waals surface area contributed by atoms with E-state index in [4.69, 9.17) is 16.6 Å². The van der Waals surface area contributed by atoms with Crippen LogP contribution in [0.2, 0.25) is 4.34 Å². The topological polar surface area (TPSA) is 73.2 Å². The van der Waals surface area contributed by atoms with Gasteiger partial charge < -0.3 is 15.0 Å². The van der Waals surface area contributed by atoms with Crippen molar-refractivity contribution >= 4 is 63.0 Å². The zero-order valence-corrected chi connectivity index (χ0v) is 28.1. The Morgan fingerprint density at radius 2 is 1.93 bits per heavy atom. The van der Waals surface area contributed by atoms with Crippen LogP contribution >= 0.6 is 34.7 Å². The van der Waals surface area contributed by atoms with E-state index in [1.54, 1.807) is 0 Å². The summed E-state index contributed by atoms with van der Waals surface area (Å²) >= 11 is 9.52. The summed E-state index contributed by atoms with van der Waals surface area (Å²) in [6, 6.07) is 22.6. The molecule has 2 aromatic heterocycles. The van der Waals surface area contributed by atoms with Crippen molar-refractivity contribution in [3.63, 3.8) is 0 Å². The summed E-state index contributed by atoms with van der Waals surface area (Å²) in [6.07, 6.45) is 7.81. The van der Waals surface area contributed by atoms with Crippen LogP contribution in [0.3, 0.4) is 0 Å². The maximum absolute atomic E-state index is 11.4. The van der Waals surface area contributed by atoms with Crippen molar-refractivity contribution in [2.45, 2.75) is 56.8 Å². The summed E-state index contributed by atoms with van der Waals surface area (Å²) in [5.41, 5.74) is 5.11. The van der Waals surface area contributed by atoms with Gasteiger partial charge in [0.2, 0.25) is 0 Å². The van der Waals surface area contributed by atoms with E-state index in [2.05, 4.69) is 36.4 Å². The van der Waals surface area contributed by atoms with Crippen molar-refractivity contribution in [2.75, 3.05) is 5.75 Å². The zero-order chi connectivity index (χ0) is 28.3. The number of carboxylic acids is 1. The maximum atomic E-state index is 11.4. The van der Waals surface area contributed by atoms with E-state index in [1.165, 1.54) is 16.9 Å². The van der Waals surface area contributed by atoms with E-state index < -0.39 is 11.6 Å². The molecule has 2 aromatic carbocycles. The van der Waals surface area contributed by atoms with Gasteiger partial charge in [-0.25, -0.2) is 4.98 Å². The minimum absolute atomic E-state index is 0. The molecule has 0 spiro atoms. The Morgan fingerprint density at radius 3 is 2.66 bits per heavy atom. The molecule has 41 heavy (non-hydrogen) atoms. The first kappa shape index (κ1) is 32.3. The van der Waals surface area contributed by atoms with E-state index in [1.807, 2.05) is 68.1 Å². The summed E-state index contributed by atoms with van der Waals surface area (Å²) < 4.78 is 1.81. The van der Waals surface area contributed by atoms with Gasteiger partial charge in [-0.15, -0.1) is 11.3 Å². The molecule has 0 aliphatic heterocycles. The van der Waals surface area contributed by atoms with Crippen LogP contribution in [0.1, 0.15) is 72.7 Å². The Kier molecular flexibility index (Phi) is 10.8. The number of aliphatic hydroxyl groups is 1. The Balaban J connectivity index is 0.00000387. The third kappa shape index (κ3) is 8.70. The molecule has 0 amide bonds. The van der Waals surface area contributed by atoms with E-state index in [9.17, 15) is 15.0 Å². The number of aryl methyl sites for hydroxylation is 1. The third-order valence-electron chi connectivity index (χ3n) is 7.51. The Labute approximate surface area is 277 Å². The SMILES string of the molecule is CC(C)(O)c1ccccc1CC[C@@H](SCC1(CC(=O)[O-])CC1)c1cccc(C=Cc2ccc3sc(Cl)cc3n2)c1.[Na+]. The molecule has 4 nitrogen and oxygen atoms in total. The van der Waals surface area contributed by atoms with Gasteiger partial charge in [0.05, 0.1) is 25.8 Å². The smallest absolute Gasteiger partial charge is 0.550 e. The third-order valence-corrected chi connectivity index (χ3v) is 10.4. The number of pyridine rings is 1. The number of aromatic nitrogens is 1. The van der Waals surface area contributed by atoms with Crippen molar-refractivity contribution in [3.05, 3.63) is 99.0 Å². The largest absolute Gasteiger partial charge is 1.00 e. The molecule has 0 bridgehead atoms. The number of carbonyl (C=O) groups is 1. The van der Waals surface area contributed by atoms with Gasteiger partial charge in [0, 0.05) is 11.2 Å². The van der Waals surface area contributed by atoms with Crippen LogP contribution < -0.4 is 34.7 Å². The van der Waals surface area contributed by atoms with E-state index in [-0.39, 0.29) is 46.6 Å². The quantitative estimate of drug-likeness (QED) is 0.235. The predicted octanol–water partition coefficient (Wildman–Crippen LogP) is 4.68. The molecule has 208 valence electrons. The molecule has 8 heteroatoms. The predicted molar refractivity (Wildman–Crippen MR) is 166 cm³/mol. The number of carboxylic acid groups (broad SMARTS) is 1. The Hall–Kier alpha value is -1.64. The van der Waals surface area contributed by atoms with Crippen molar-refractivity contribution in [1.82, 2.24) is 4.98 Å². The normalized spacial score (nSPS) is 15.1. The van der Waals surface area contributed by atoms with Gasteiger partial charge >= 0.3 is 29.6 Å². The molecule has 2 heterocycles. The molecule has 1 aliphatic rings. The number of fused-ring (bicyclic) bond motifs is 1. The standard InChI is InChI=1S/C33H34ClNO3S2.Na/c1-32(2,38)26-9-4-3-7-23(26)11-14-28(39-21-33(16-17-33)20-31(36)37)24-8-5-6-22(18-24)10-12-25-13-15-29-27(35-25)19-30(34)40-29;/h3-10,12-13,15,18-19,28,38H,11,14,16-17,20-21H2,1-2H3,(H,36,37);/q;+1/p-1/t28-;/m1./s1. The van der Waals surface area contributed by atoms with E-state index in [0.717, 1.165) is 68.4 Å². The monoisotopic (exact) mass is 613 g/mol. The summed E-state index contributed by atoms with van der Waals surface area (Å²) in [6.45, 7) is 3.65. The molecular weight excluding hydrogens is 581 g/mol. The molecule has 1 N–H and O–H groups in total. The molecule has 1 saturated carbocycles. The number of nitrogens with zero attached hydrogens (tertiary/aromatic N) is 1. The average molecular weight is 614 g/mol. The number of carbonyl (C=O) groups excluding carboxylic acids is 1. The Bertz CT molecular complexity index is 1540. The van der Waals surface area contributed by atoms with Crippen LogP contribution in [0.4, 0.5) is 0 Å². The number of aliphatic carboxylic acids is 1. The average Bonchev–Trinajstić information content (AvgIpc) is 3.56.